The highest BCUT2D eigenvalue weighted by atomic mass is 32.1. The van der Waals surface area contributed by atoms with E-state index in [2.05, 4.69) is 93.4 Å². The van der Waals surface area contributed by atoms with Crippen LogP contribution in [0.15, 0.2) is 51.9 Å². The van der Waals surface area contributed by atoms with Crippen molar-refractivity contribution in [2.75, 3.05) is 13.2 Å². The summed E-state index contributed by atoms with van der Waals surface area (Å²) >= 11 is 6.99. The minimum atomic E-state index is 0.223. The molecule has 7 heteroatoms. The largest absolute Gasteiger partial charge is 0.492 e. The fourth-order valence-corrected chi connectivity index (χ4v) is 12.1. The van der Waals surface area contributed by atoms with Gasteiger partial charge in [0, 0.05) is 52.3 Å². The van der Waals surface area contributed by atoms with E-state index in [9.17, 15) is 4.79 Å². The number of hydrogen-bond donors (Lipinski definition) is 0. The third-order valence-electron chi connectivity index (χ3n) is 12.2. The minimum Gasteiger partial charge on any atom is -0.492 e. The zero-order valence-electron chi connectivity index (χ0n) is 37.3. The number of Topliss-reactive ketones (excluding diaryl/α,β-unsaturated/α-hetero) is 1. The fraction of sp³-hybridized carbons (Fsp3) is 0.596. The predicted molar refractivity (Wildman–Crippen MR) is 267 cm³/mol. The van der Waals surface area contributed by atoms with Gasteiger partial charge < -0.3 is 9.47 Å². The third kappa shape index (κ3) is 13.8. The molecule has 3 atom stereocenters. The molecule has 0 aliphatic heterocycles. The molecular weight excluding hydrogens is 801 g/mol. The van der Waals surface area contributed by atoms with Gasteiger partial charge in [0.15, 0.2) is 5.78 Å². The highest BCUT2D eigenvalue weighted by molar-refractivity contribution is 7.24. The first-order valence-electron chi connectivity index (χ1n) is 23.5. The maximum atomic E-state index is 12.4. The van der Waals surface area contributed by atoms with Crippen molar-refractivity contribution in [3.63, 3.8) is 0 Å². The molecular formula is C52H74O3S4. The maximum Gasteiger partial charge on any atom is 0.175 e. The van der Waals surface area contributed by atoms with E-state index < -0.39 is 0 Å². The van der Waals surface area contributed by atoms with Gasteiger partial charge in [-0.3, -0.25) is 4.79 Å². The van der Waals surface area contributed by atoms with Crippen molar-refractivity contribution < 1.29 is 14.3 Å². The van der Waals surface area contributed by atoms with Crippen molar-refractivity contribution >= 4 is 92.2 Å². The van der Waals surface area contributed by atoms with Gasteiger partial charge in [0.1, 0.15) is 11.5 Å². The second-order valence-electron chi connectivity index (χ2n) is 16.9. The van der Waals surface area contributed by atoms with Crippen molar-refractivity contribution in [3.8, 4) is 11.5 Å². The smallest absolute Gasteiger partial charge is 0.175 e. The molecule has 4 heterocycles. The lowest BCUT2D eigenvalue weighted by molar-refractivity contribution is 0.0912. The number of rotatable bonds is 28. The lowest BCUT2D eigenvalue weighted by Crippen LogP contribution is -2.13. The third-order valence-corrected chi connectivity index (χ3v) is 15.9. The zero-order valence-corrected chi connectivity index (χ0v) is 40.6. The van der Waals surface area contributed by atoms with Gasteiger partial charge >= 0.3 is 0 Å². The molecule has 59 heavy (non-hydrogen) atoms. The van der Waals surface area contributed by atoms with Crippen LogP contribution in [-0.2, 0) is 0 Å². The van der Waals surface area contributed by atoms with Gasteiger partial charge in [-0.05, 0) is 96.8 Å². The van der Waals surface area contributed by atoms with Crippen molar-refractivity contribution in [1.29, 1.82) is 0 Å². The lowest BCUT2D eigenvalue weighted by Gasteiger charge is -2.21. The Balaban J connectivity index is 0.000000323. The number of fused-ring (bicyclic) bond motifs is 4. The number of carbonyl (C=O) groups is 1. The minimum absolute atomic E-state index is 0.223. The second-order valence-corrected chi connectivity index (χ2v) is 20.6. The molecule has 0 aliphatic rings. The average Bonchev–Trinajstić information content (AvgIpc) is 4.08. The summed E-state index contributed by atoms with van der Waals surface area (Å²) in [7, 11) is 0. The summed E-state index contributed by atoms with van der Waals surface area (Å²) in [4.78, 5) is 13.3. The molecule has 0 saturated carbocycles. The summed E-state index contributed by atoms with van der Waals surface area (Å²) in [6.07, 6.45) is 25.1. The highest BCUT2D eigenvalue weighted by Crippen LogP contribution is 2.46. The molecule has 0 fully saturated rings. The van der Waals surface area contributed by atoms with Crippen LogP contribution >= 0.6 is 45.3 Å². The topological polar surface area (TPSA) is 35.5 Å². The van der Waals surface area contributed by atoms with Crippen LogP contribution in [0.3, 0.4) is 0 Å². The van der Waals surface area contributed by atoms with Crippen LogP contribution in [-0.4, -0.2) is 19.0 Å². The predicted octanol–water partition coefficient (Wildman–Crippen LogP) is 18.9. The van der Waals surface area contributed by atoms with Crippen LogP contribution in [0.5, 0.6) is 11.5 Å². The van der Waals surface area contributed by atoms with E-state index in [1.165, 1.54) is 150 Å². The van der Waals surface area contributed by atoms with Crippen molar-refractivity contribution in [2.45, 2.75) is 170 Å². The fourth-order valence-electron chi connectivity index (χ4n) is 8.43. The lowest BCUT2D eigenvalue weighted by atomic mass is 9.94. The van der Waals surface area contributed by atoms with Crippen LogP contribution in [0.25, 0.3) is 41.0 Å². The molecule has 3 unspecified atom stereocenters. The summed E-state index contributed by atoms with van der Waals surface area (Å²) in [5.41, 5.74) is 0. The molecule has 6 rings (SSSR count). The number of hydrogen-bond acceptors (Lipinski definition) is 7. The van der Waals surface area contributed by atoms with E-state index in [1.807, 2.05) is 22.7 Å². The first-order chi connectivity index (χ1) is 29.0. The van der Waals surface area contributed by atoms with Gasteiger partial charge in [-0.15, -0.1) is 34.0 Å². The van der Waals surface area contributed by atoms with E-state index in [1.54, 1.807) is 22.7 Å². The van der Waals surface area contributed by atoms with Gasteiger partial charge in [-0.2, -0.15) is 11.3 Å². The standard InChI is InChI=1S/C38H56O2S2.C14H18OS2/c1-5-9-13-15-19-29(17-11-7-3)27-39-37-31-21-23-41-35(31)26-34-33(37)25-36-32(22-24-42-36)38(34)40-28-30(18-12-8-4)20-16-14-10-6-2;1-3-5-6-10(4-2)14(15)12-7-11-8-16-9-13(11)17-12/h21-26,29-30H,5-20,27-28H2,1-4H3;7-10H,3-6H2,1-2H3. The zero-order chi connectivity index (χ0) is 41.8. The number of ketones is 1. The van der Waals surface area contributed by atoms with Gasteiger partial charge in [0.25, 0.3) is 0 Å². The van der Waals surface area contributed by atoms with E-state index in [4.69, 9.17) is 9.47 Å². The van der Waals surface area contributed by atoms with Crippen molar-refractivity contribution in [3.05, 3.63) is 56.7 Å². The monoisotopic (exact) mass is 874 g/mol. The molecule has 324 valence electrons. The Morgan fingerprint density at radius 1 is 0.542 bits per heavy atom. The molecule has 0 radical (unpaired) electrons. The van der Waals surface area contributed by atoms with E-state index in [-0.39, 0.29) is 5.92 Å². The average molecular weight is 875 g/mol. The summed E-state index contributed by atoms with van der Waals surface area (Å²) in [6, 6.07) is 11.3. The summed E-state index contributed by atoms with van der Waals surface area (Å²) < 4.78 is 17.6. The van der Waals surface area contributed by atoms with Crippen LogP contribution in [0.1, 0.15) is 180 Å². The Bertz CT molecular complexity index is 1950. The number of benzene rings is 2. The second kappa shape index (κ2) is 26.1. The van der Waals surface area contributed by atoms with Gasteiger partial charge in [0.2, 0.25) is 0 Å². The van der Waals surface area contributed by atoms with Crippen molar-refractivity contribution in [1.82, 2.24) is 0 Å². The number of thiophene rings is 4. The molecule has 0 bridgehead atoms. The Hall–Kier alpha value is -2.45. The molecule has 6 aromatic rings. The van der Waals surface area contributed by atoms with Crippen LogP contribution in [0, 0.1) is 17.8 Å². The SMILES string of the molecule is CCCCC(CC)C(=O)c1cc2cscc2s1.CCCCCCC(CCCC)COc1c2ccsc2cc2c(OCC(CCCC)CCCCCC)c3ccsc3cc12. The quantitative estimate of drug-likeness (QED) is 0.0364. The molecule has 0 spiro atoms. The van der Waals surface area contributed by atoms with Crippen molar-refractivity contribution in [2.24, 2.45) is 17.8 Å². The number of ether oxygens (including phenoxy) is 2. The Labute approximate surface area is 373 Å². The van der Waals surface area contributed by atoms with E-state index >= 15 is 0 Å². The molecule has 0 N–H and O–H groups in total. The normalized spacial score (nSPS) is 13.3. The van der Waals surface area contributed by atoms with Gasteiger partial charge in [0.05, 0.1) is 18.1 Å². The highest BCUT2D eigenvalue weighted by Gasteiger charge is 2.22. The Morgan fingerprint density at radius 3 is 1.51 bits per heavy atom. The molecule has 3 nitrogen and oxygen atoms in total. The molecule has 0 aliphatic carbocycles. The Kier molecular flexibility index (Phi) is 21.1. The summed E-state index contributed by atoms with van der Waals surface area (Å²) in [5.74, 6) is 3.97. The summed E-state index contributed by atoms with van der Waals surface area (Å²) in [5, 5.41) is 14.9. The van der Waals surface area contributed by atoms with E-state index in [0.717, 1.165) is 48.9 Å². The van der Waals surface area contributed by atoms with Crippen LogP contribution in [0.4, 0.5) is 0 Å². The van der Waals surface area contributed by atoms with Crippen LogP contribution < -0.4 is 9.47 Å². The first kappa shape index (κ1) is 47.6. The van der Waals surface area contributed by atoms with Gasteiger partial charge in [-0.25, -0.2) is 0 Å². The summed E-state index contributed by atoms with van der Waals surface area (Å²) in [6.45, 7) is 15.1. The first-order valence-corrected chi connectivity index (χ1v) is 27.1. The van der Waals surface area contributed by atoms with Crippen LogP contribution in [0.2, 0.25) is 0 Å². The van der Waals surface area contributed by atoms with E-state index in [0.29, 0.717) is 17.6 Å². The van der Waals surface area contributed by atoms with Gasteiger partial charge in [-0.1, -0.05) is 131 Å². The molecule has 2 aromatic carbocycles. The number of carbonyl (C=O) groups excluding carboxylic acids is 1. The Morgan fingerprint density at radius 2 is 1.03 bits per heavy atom. The maximum absolute atomic E-state index is 12.4. The molecule has 4 aromatic heterocycles. The molecule has 0 amide bonds. The number of unbranched alkanes of at least 4 members (excludes halogenated alkanes) is 9. The molecule has 0 saturated heterocycles.